The zero-order chi connectivity index (χ0) is 10.1. The number of nitrogens with one attached hydrogen (secondary N) is 1. The van der Waals surface area contributed by atoms with Crippen LogP contribution in [0.25, 0.3) is 0 Å². The van der Waals surface area contributed by atoms with Gasteiger partial charge in [-0.1, -0.05) is 39.3 Å². The molecule has 0 aromatic heterocycles. The van der Waals surface area contributed by atoms with E-state index in [2.05, 4.69) is 32.7 Å². The molecule has 0 heterocycles. The molecule has 0 spiro atoms. The minimum atomic E-state index is 0.649. The lowest BCUT2D eigenvalue weighted by molar-refractivity contribution is 0.599. The standard InChI is InChI=1S/C12H25N/c1-5-6-9-13-10-7-8-12(4)11(2)3/h11,13H,4-10H2,1-3H3. The molecule has 0 aliphatic heterocycles. The van der Waals surface area contributed by atoms with E-state index in [4.69, 9.17) is 0 Å². The zero-order valence-corrected chi connectivity index (χ0v) is 9.53. The van der Waals surface area contributed by atoms with Crippen molar-refractivity contribution >= 4 is 0 Å². The lowest BCUT2D eigenvalue weighted by Crippen LogP contribution is -2.16. The fourth-order valence-electron chi connectivity index (χ4n) is 1.16. The molecule has 78 valence electrons. The topological polar surface area (TPSA) is 12.0 Å². The van der Waals surface area contributed by atoms with Gasteiger partial charge in [-0.2, -0.15) is 0 Å². The maximum Gasteiger partial charge on any atom is -0.00459 e. The minimum Gasteiger partial charge on any atom is -0.317 e. The van der Waals surface area contributed by atoms with Crippen LogP contribution in [0.4, 0.5) is 0 Å². The van der Waals surface area contributed by atoms with Crippen LogP contribution in [0.2, 0.25) is 0 Å². The fraction of sp³-hybridized carbons (Fsp3) is 0.833. The summed E-state index contributed by atoms with van der Waals surface area (Å²) in [6.45, 7) is 13.0. The summed E-state index contributed by atoms with van der Waals surface area (Å²) >= 11 is 0. The summed E-state index contributed by atoms with van der Waals surface area (Å²) in [6, 6.07) is 0. The quantitative estimate of drug-likeness (QED) is 0.449. The van der Waals surface area contributed by atoms with Crippen molar-refractivity contribution < 1.29 is 0 Å². The third-order valence-corrected chi connectivity index (χ3v) is 2.38. The summed E-state index contributed by atoms with van der Waals surface area (Å²) in [5.74, 6) is 0.649. The van der Waals surface area contributed by atoms with E-state index in [1.54, 1.807) is 0 Å². The first-order chi connectivity index (χ1) is 6.18. The Morgan fingerprint density at radius 3 is 2.38 bits per heavy atom. The first-order valence-corrected chi connectivity index (χ1v) is 5.56. The molecule has 0 bridgehead atoms. The molecule has 0 saturated heterocycles. The molecule has 13 heavy (non-hydrogen) atoms. The molecule has 0 atom stereocenters. The van der Waals surface area contributed by atoms with Crippen LogP contribution < -0.4 is 5.32 Å². The Labute approximate surface area is 83.6 Å². The van der Waals surface area contributed by atoms with E-state index in [-0.39, 0.29) is 0 Å². The SMILES string of the molecule is C=C(CCCNCCCC)C(C)C. The Morgan fingerprint density at radius 2 is 1.85 bits per heavy atom. The number of unbranched alkanes of at least 4 members (excludes halogenated alkanes) is 1. The highest BCUT2D eigenvalue weighted by molar-refractivity contribution is 4.96. The summed E-state index contributed by atoms with van der Waals surface area (Å²) in [5.41, 5.74) is 1.39. The number of hydrogen-bond donors (Lipinski definition) is 1. The normalized spacial score (nSPS) is 10.8. The average Bonchev–Trinajstić information content (AvgIpc) is 2.10. The molecular formula is C12H25N. The van der Waals surface area contributed by atoms with Gasteiger partial charge in [0, 0.05) is 0 Å². The lowest BCUT2D eigenvalue weighted by atomic mass is 10.0. The van der Waals surface area contributed by atoms with Gasteiger partial charge in [-0.15, -0.1) is 0 Å². The van der Waals surface area contributed by atoms with Gasteiger partial charge in [0.1, 0.15) is 0 Å². The van der Waals surface area contributed by atoms with E-state index < -0.39 is 0 Å². The first kappa shape index (κ1) is 12.7. The van der Waals surface area contributed by atoms with Crippen molar-refractivity contribution in [3.05, 3.63) is 12.2 Å². The van der Waals surface area contributed by atoms with Crippen LogP contribution in [-0.4, -0.2) is 13.1 Å². The molecular weight excluding hydrogens is 158 g/mol. The van der Waals surface area contributed by atoms with Gasteiger partial charge < -0.3 is 5.32 Å². The van der Waals surface area contributed by atoms with Gasteiger partial charge in [-0.3, -0.25) is 0 Å². The van der Waals surface area contributed by atoms with E-state index in [1.165, 1.54) is 37.8 Å². The van der Waals surface area contributed by atoms with Crippen molar-refractivity contribution in [2.45, 2.75) is 46.5 Å². The van der Waals surface area contributed by atoms with Gasteiger partial charge in [0.05, 0.1) is 0 Å². The summed E-state index contributed by atoms with van der Waals surface area (Å²) in [7, 11) is 0. The molecule has 0 unspecified atom stereocenters. The van der Waals surface area contributed by atoms with E-state index in [9.17, 15) is 0 Å². The molecule has 1 nitrogen and oxygen atoms in total. The molecule has 0 amide bonds. The van der Waals surface area contributed by atoms with Crippen molar-refractivity contribution in [3.8, 4) is 0 Å². The average molecular weight is 183 g/mol. The largest absolute Gasteiger partial charge is 0.317 e. The Kier molecular flexibility index (Phi) is 8.11. The Hall–Kier alpha value is -0.300. The minimum absolute atomic E-state index is 0.649. The van der Waals surface area contributed by atoms with Crippen LogP contribution in [0, 0.1) is 5.92 Å². The molecule has 1 N–H and O–H groups in total. The molecule has 0 radical (unpaired) electrons. The molecule has 0 fully saturated rings. The van der Waals surface area contributed by atoms with Crippen LogP contribution in [0.1, 0.15) is 46.5 Å². The number of hydrogen-bond acceptors (Lipinski definition) is 1. The predicted molar refractivity (Wildman–Crippen MR) is 61.0 cm³/mol. The summed E-state index contributed by atoms with van der Waals surface area (Å²) < 4.78 is 0. The van der Waals surface area contributed by atoms with Gasteiger partial charge in [0.2, 0.25) is 0 Å². The Balaban J connectivity index is 3.12. The second-order valence-electron chi connectivity index (χ2n) is 4.02. The highest BCUT2D eigenvalue weighted by Crippen LogP contribution is 2.12. The predicted octanol–water partition coefficient (Wildman–Crippen LogP) is 3.37. The van der Waals surface area contributed by atoms with Crippen LogP contribution in [0.5, 0.6) is 0 Å². The molecule has 0 aliphatic rings. The molecule has 0 rings (SSSR count). The van der Waals surface area contributed by atoms with Crippen molar-refractivity contribution in [2.75, 3.05) is 13.1 Å². The van der Waals surface area contributed by atoms with Gasteiger partial charge in [-0.05, 0) is 38.3 Å². The summed E-state index contributed by atoms with van der Waals surface area (Å²) in [4.78, 5) is 0. The summed E-state index contributed by atoms with van der Waals surface area (Å²) in [5, 5.41) is 3.44. The molecule has 0 aliphatic carbocycles. The van der Waals surface area contributed by atoms with Crippen LogP contribution in [-0.2, 0) is 0 Å². The van der Waals surface area contributed by atoms with E-state index >= 15 is 0 Å². The van der Waals surface area contributed by atoms with Crippen molar-refractivity contribution in [2.24, 2.45) is 5.92 Å². The molecule has 1 heteroatoms. The second kappa shape index (κ2) is 8.31. The smallest absolute Gasteiger partial charge is 0.00459 e. The van der Waals surface area contributed by atoms with Crippen molar-refractivity contribution in [3.63, 3.8) is 0 Å². The zero-order valence-electron chi connectivity index (χ0n) is 9.53. The number of allylic oxidation sites excluding steroid dienone is 1. The van der Waals surface area contributed by atoms with Gasteiger partial charge >= 0.3 is 0 Å². The van der Waals surface area contributed by atoms with E-state index in [0.29, 0.717) is 5.92 Å². The van der Waals surface area contributed by atoms with Crippen LogP contribution in [0.15, 0.2) is 12.2 Å². The van der Waals surface area contributed by atoms with Crippen LogP contribution in [0.3, 0.4) is 0 Å². The fourth-order valence-corrected chi connectivity index (χ4v) is 1.16. The number of rotatable bonds is 8. The molecule has 0 saturated carbocycles. The summed E-state index contributed by atoms with van der Waals surface area (Å²) in [6.07, 6.45) is 4.99. The first-order valence-electron chi connectivity index (χ1n) is 5.56. The lowest BCUT2D eigenvalue weighted by Gasteiger charge is -2.09. The third-order valence-electron chi connectivity index (χ3n) is 2.38. The second-order valence-corrected chi connectivity index (χ2v) is 4.02. The maximum absolute atomic E-state index is 4.06. The van der Waals surface area contributed by atoms with Gasteiger partial charge in [0.25, 0.3) is 0 Å². The van der Waals surface area contributed by atoms with E-state index in [1.807, 2.05) is 0 Å². The van der Waals surface area contributed by atoms with Gasteiger partial charge in [0.15, 0.2) is 0 Å². The highest BCUT2D eigenvalue weighted by Gasteiger charge is 1.98. The monoisotopic (exact) mass is 183 g/mol. The van der Waals surface area contributed by atoms with E-state index in [0.717, 1.165) is 6.54 Å². The van der Waals surface area contributed by atoms with Gasteiger partial charge in [-0.25, -0.2) is 0 Å². The van der Waals surface area contributed by atoms with Crippen molar-refractivity contribution in [1.82, 2.24) is 5.32 Å². The Morgan fingerprint density at radius 1 is 1.23 bits per heavy atom. The van der Waals surface area contributed by atoms with Crippen LogP contribution >= 0.6 is 0 Å². The molecule has 0 aromatic rings. The Bertz CT molecular complexity index is 127. The third kappa shape index (κ3) is 8.04. The maximum atomic E-state index is 4.06. The van der Waals surface area contributed by atoms with Crippen molar-refractivity contribution in [1.29, 1.82) is 0 Å². The highest BCUT2D eigenvalue weighted by atomic mass is 14.8. The molecule has 0 aromatic carbocycles.